The van der Waals surface area contributed by atoms with Crippen molar-refractivity contribution in [3.63, 3.8) is 0 Å². The number of anilines is 1. The summed E-state index contributed by atoms with van der Waals surface area (Å²) in [7, 11) is 0. The van der Waals surface area contributed by atoms with E-state index in [-0.39, 0.29) is 17.6 Å². The first kappa shape index (κ1) is 17.7. The quantitative estimate of drug-likeness (QED) is 0.652. The molecule has 2 aliphatic heterocycles. The number of amides is 1. The number of benzene rings is 3. The number of carbonyl (C=O) groups excluding carboxylic acids is 1. The first-order valence-electron chi connectivity index (χ1n) is 9.86. The van der Waals surface area contributed by atoms with Crippen molar-refractivity contribution in [1.29, 1.82) is 0 Å². The smallest absolute Gasteiger partial charge is 0.234 e. The van der Waals surface area contributed by atoms with Gasteiger partial charge in [0.15, 0.2) is 0 Å². The number of halogens is 1. The van der Waals surface area contributed by atoms with Crippen molar-refractivity contribution >= 4 is 11.6 Å². The molecule has 3 aromatic carbocycles. The SMILES string of the molecule is O=C(C1c2ccccc2Oc2ccccc21)N1CCN(c2ccccc2F)CC1. The van der Waals surface area contributed by atoms with Crippen LogP contribution in [0.4, 0.5) is 10.1 Å². The van der Waals surface area contributed by atoms with Crippen LogP contribution in [0.5, 0.6) is 11.5 Å². The summed E-state index contributed by atoms with van der Waals surface area (Å²) in [6, 6.07) is 22.2. The van der Waals surface area contributed by atoms with Gasteiger partial charge in [0.1, 0.15) is 17.3 Å². The topological polar surface area (TPSA) is 32.8 Å². The fourth-order valence-electron chi connectivity index (χ4n) is 4.23. The molecule has 0 atom stereocenters. The van der Waals surface area contributed by atoms with Gasteiger partial charge < -0.3 is 14.5 Å². The maximum absolute atomic E-state index is 14.1. The second-order valence-electron chi connectivity index (χ2n) is 7.37. The number of hydrogen-bond acceptors (Lipinski definition) is 3. The van der Waals surface area contributed by atoms with Crippen LogP contribution in [0.3, 0.4) is 0 Å². The Morgan fingerprint density at radius 1 is 0.793 bits per heavy atom. The molecule has 1 saturated heterocycles. The Hall–Kier alpha value is -3.34. The monoisotopic (exact) mass is 388 g/mol. The molecule has 146 valence electrons. The number of carbonyl (C=O) groups is 1. The minimum Gasteiger partial charge on any atom is -0.457 e. The normalized spacial score (nSPS) is 16.0. The van der Waals surface area contributed by atoms with Crippen LogP contribution in [0, 0.1) is 5.82 Å². The van der Waals surface area contributed by atoms with Gasteiger partial charge in [-0.25, -0.2) is 4.39 Å². The summed E-state index contributed by atoms with van der Waals surface area (Å²) in [4.78, 5) is 17.5. The average molecular weight is 388 g/mol. The third-order valence-electron chi connectivity index (χ3n) is 5.71. The number of hydrogen-bond donors (Lipinski definition) is 0. The molecule has 0 aromatic heterocycles. The standard InChI is InChI=1S/C24H21FN2O2/c25-19-9-3-4-10-20(19)26-13-15-27(16-14-26)24(28)23-17-7-1-5-11-21(17)29-22-12-6-2-8-18(22)23/h1-12,23H,13-16H2. The Morgan fingerprint density at radius 3 is 1.97 bits per heavy atom. The Bertz CT molecular complexity index is 1010. The van der Waals surface area contributed by atoms with Crippen molar-refractivity contribution in [3.05, 3.63) is 89.7 Å². The number of ether oxygens (including phenoxy) is 1. The lowest BCUT2D eigenvalue weighted by atomic mass is 9.86. The highest BCUT2D eigenvalue weighted by Gasteiger charge is 2.36. The van der Waals surface area contributed by atoms with Crippen molar-refractivity contribution in [2.75, 3.05) is 31.1 Å². The fraction of sp³-hybridized carbons (Fsp3) is 0.208. The number of nitrogens with zero attached hydrogens (tertiary/aromatic N) is 2. The maximum atomic E-state index is 14.1. The number of piperazine rings is 1. The second kappa shape index (κ2) is 7.24. The fourth-order valence-corrected chi connectivity index (χ4v) is 4.23. The highest BCUT2D eigenvalue weighted by Crippen LogP contribution is 2.44. The van der Waals surface area contributed by atoms with Crippen LogP contribution in [0.15, 0.2) is 72.8 Å². The van der Waals surface area contributed by atoms with E-state index < -0.39 is 0 Å². The Kier molecular flexibility index (Phi) is 4.43. The molecule has 0 N–H and O–H groups in total. The Labute approximate surface area is 169 Å². The largest absolute Gasteiger partial charge is 0.457 e. The van der Waals surface area contributed by atoms with E-state index in [0.29, 0.717) is 31.9 Å². The van der Waals surface area contributed by atoms with Crippen LogP contribution in [-0.4, -0.2) is 37.0 Å². The Balaban J connectivity index is 1.40. The summed E-state index contributed by atoms with van der Waals surface area (Å²) in [5.74, 6) is 0.932. The first-order valence-corrected chi connectivity index (χ1v) is 9.86. The van der Waals surface area contributed by atoms with Gasteiger partial charge in [-0.3, -0.25) is 4.79 Å². The summed E-state index contributed by atoms with van der Waals surface area (Å²) < 4.78 is 20.1. The lowest BCUT2D eigenvalue weighted by molar-refractivity contribution is -0.132. The van der Waals surface area contributed by atoms with E-state index >= 15 is 0 Å². The van der Waals surface area contributed by atoms with Gasteiger partial charge in [-0.15, -0.1) is 0 Å². The van der Waals surface area contributed by atoms with E-state index in [4.69, 9.17) is 4.74 Å². The van der Waals surface area contributed by atoms with Crippen molar-refractivity contribution in [1.82, 2.24) is 4.90 Å². The van der Waals surface area contributed by atoms with Crippen LogP contribution < -0.4 is 9.64 Å². The van der Waals surface area contributed by atoms with Gasteiger partial charge in [0, 0.05) is 37.3 Å². The lowest BCUT2D eigenvalue weighted by Gasteiger charge is -2.38. The van der Waals surface area contributed by atoms with Gasteiger partial charge in [0.25, 0.3) is 0 Å². The molecule has 5 rings (SSSR count). The van der Waals surface area contributed by atoms with Gasteiger partial charge in [-0.1, -0.05) is 48.5 Å². The average Bonchev–Trinajstić information content (AvgIpc) is 2.77. The van der Waals surface area contributed by atoms with Crippen LogP contribution >= 0.6 is 0 Å². The molecule has 1 fully saturated rings. The van der Waals surface area contributed by atoms with E-state index in [1.165, 1.54) is 6.07 Å². The number of fused-ring (bicyclic) bond motifs is 2. The van der Waals surface area contributed by atoms with Gasteiger partial charge in [0.2, 0.25) is 5.91 Å². The highest BCUT2D eigenvalue weighted by atomic mass is 19.1. The molecule has 2 heterocycles. The van der Waals surface area contributed by atoms with E-state index in [9.17, 15) is 9.18 Å². The van der Waals surface area contributed by atoms with Crippen molar-refractivity contribution < 1.29 is 13.9 Å². The van der Waals surface area contributed by atoms with Crippen LogP contribution in [0.1, 0.15) is 17.0 Å². The van der Waals surface area contributed by atoms with Crippen molar-refractivity contribution in [3.8, 4) is 11.5 Å². The molecule has 29 heavy (non-hydrogen) atoms. The molecule has 0 saturated carbocycles. The van der Waals surface area contributed by atoms with E-state index in [1.54, 1.807) is 12.1 Å². The molecule has 0 aliphatic carbocycles. The first-order chi connectivity index (χ1) is 14.2. The zero-order chi connectivity index (χ0) is 19.8. The minimum absolute atomic E-state index is 0.0707. The third-order valence-corrected chi connectivity index (χ3v) is 5.71. The molecule has 0 bridgehead atoms. The van der Waals surface area contributed by atoms with E-state index in [1.807, 2.05) is 64.4 Å². The molecule has 0 unspecified atom stereocenters. The van der Waals surface area contributed by atoms with Crippen LogP contribution in [0.2, 0.25) is 0 Å². The highest BCUT2D eigenvalue weighted by molar-refractivity contribution is 5.90. The summed E-state index contributed by atoms with van der Waals surface area (Å²) in [5.41, 5.74) is 2.39. The summed E-state index contributed by atoms with van der Waals surface area (Å²) >= 11 is 0. The maximum Gasteiger partial charge on any atom is 0.234 e. The molecule has 0 spiro atoms. The van der Waals surface area contributed by atoms with Crippen LogP contribution in [0.25, 0.3) is 0 Å². The predicted molar refractivity (Wildman–Crippen MR) is 110 cm³/mol. The Morgan fingerprint density at radius 2 is 1.34 bits per heavy atom. The summed E-state index contributed by atoms with van der Waals surface area (Å²) in [6.45, 7) is 2.35. The molecular weight excluding hydrogens is 367 g/mol. The summed E-state index contributed by atoms with van der Waals surface area (Å²) in [5, 5.41) is 0. The lowest BCUT2D eigenvalue weighted by Crippen LogP contribution is -2.50. The number of rotatable bonds is 2. The molecular formula is C24H21FN2O2. The van der Waals surface area contributed by atoms with E-state index in [2.05, 4.69) is 0 Å². The minimum atomic E-state index is -0.379. The molecule has 1 amide bonds. The number of para-hydroxylation sites is 3. The van der Waals surface area contributed by atoms with Gasteiger partial charge in [-0.05, 0) is 24.3 Å². The van der Waals surface area contributed by atoms with Crippen molar-refractivity contribution in [2.45, 2.75) is 5.92 Å². The second-order valence-corrected chi connectivity index (χ2v) is 7.37. The molecule has 3 aromatic rings. The molecule has 2 aliphatic rings. The molecule has 5 heteroatoms. The molecule has 4 nitrogen and oxygen atoms in total. The summed E-state index contributed by atoms with van der Waals surface area (Å²) in [6.07, 6.45) is 0. The van der Waals surface area contributed by atoms with E-state index in [0.717, 1.165) is 22.6 Å². The molecule has 0 radical (unpaired) electrons. The zero-order valence-corrected chi connectivity index (χ0v) is 15.9. The van der Waals surface area contributed by atoms with Gasteiger partial charge in [0.05, 0.1) is 11.6 Å². The third kappa shape index (κ3) is 3.12. The zero-order valence-electron chi connectivity index (χ0n) is 15.9. The predicted octanol–water partition coefficient (Wildman–Crippen LogP) is 4.41. The van der Waals surface area contributed by atoms with Gasteiger partial charge >= 0.3 is 0 Å². The van der Waals surface area contributed by atoms with Crippen molar-refractivity contribution in [2.24, 2.45) is 0 Å². The van der Waals surface area contributed by atoms with Gasteiger partial charge in [-0.2, -0.15) is 0 Å². The van der Waals surface area contributed by atoms with Crippen LogP contribution in [-0.2, 0) is 4.79 Å².